The lowest BCUT2D eigenvalue weighted by Gasteiger charge is -2.07. The van der Waals surface area contributed by atoms with Crippen LogP contribution in [0, 0.1) is 0 Å². The van der Waals surface area contributed by atoms with Gasteiger partial charge in [0.15, 0.2) is 0 Å². The van der Waals surface area contributed by atoms with Crippen molar-refractivity contribution in [1.82, 2.24) is 0 Å². The molecule has 2 aromatic carbocycles. The predicted molar refractivity (Wildman–Crippen MR) is 94.2 cm³/mol. The molecular weight excluding hydrogens is 332 g/mol. The van der Waals surface area contributed by atoms with Crippen LogP contribution in [0.3, 0.4) is 0 Å². The van der Waals surface area contributed by atoms with Gasteiger partial charge >= 0.3 is 5.97 Å². The molecule has 2 rings (SSSR count). The highest BCUT2D eigenvalue weighted by Crippen LogP contribution is 2.28. The number of carbonyl (C=O) groups excluding carboxylic acids is 1. The summed E-state index contributed by atoms with van der Waals surface area (Å²) in [6, 6.07) is 14.2. The maximum Gasteiger partial charge on any atom is 0.350 e. The minimum Gasteiger partial charge on any atom is -0.494 e. The van der Waals surface area contributed by atoms with Crippen LogP contribution >= 0.6 is 23.6 Å². The molecule has 23 heavy (non-hydrogen) atoms. The minimum absolute atomic E-state index is 0.410. The van der Waals surface area contributed by atoms with Gasteiger partial charge in [0.1, 0.15) is 5.75 Å². The van der Waals surface area contributed by atoms with Crippen LogP contribution in [0.4, 0.5) is 0 Å². The highest BCUT2D eigenvalue weighted by Gasteiger charge is 2.10. The summed E-state index contributed by atoms with van der Waals surface area (Å²) in [4.78, 5) is 12.7. The fourth-order valence-corrected chi connectivity index (χ4v) is 2.65. The van der Waals surface area contributed by atoms with Gasteiger partial charge in [-0.2, -0.15) is 0 Å². The van der Waals surface area contributed by atoms with Crippen LogP contribution in [-0.2, 0) is 4.18 Å². The third-order valence-corrected chi connectivity index (χ3v) is 4.36. The average molecular weight is 351 g/mol. The summed E-state index contributed by atoms with van der Waals surface area (Å²) < 4.78 is 10.8. The molecule has 0 spiro atoms. The van der Waals surface area contributed by atoms with Gasteiger partial charge in [-0.15, -0.1) is 0 Å². The van der Waals surface area contributed by atoms with Crippen molar-refractivity contribution in [2.75, 3.05) is 6.61 Å². The molecule has 122 valence electrons. The average Bonchev–Trinajstić information content (AvgIpc) is 2.58. The van der Waals surface area contributed by atoms with E-state index in [-0.39, 0.29) is 0 Å². The van der Waals surface area contributed by atoms with Crippen molar-refractivity contribution in [1.29, 1.82) is 0 Å². The quantitative estimate of drug-likeness (QED) is 0.447. The van der Waals surface area contributed by atoms with Crippen molar-refractivity contribution in [2.45, 2.75) is 31.1 Å². The molecule has 5 heteroatoms. The molecule has 0 heterocycles. The van der Waals surface area contributed by atoms with Crippen LogP contribution in [0.15, 0.2) is 53.4 Å². The summed E-state index contributed by atoms with van der Waals surface area (Å²) in [7, 11) is 0. The van der Waals surface area contributed by atoms with Gasteiger partial charge in [0.25, 0.3) is 0 Å². The number of benzene rings is 2. The van der Waals surface area contributed by atoms with E-state index >= 15 is 0 Å². The van der Waals surface area contributed by atoms with Crippen LogP contribution in [0.25, 0.3) is 0 Å². The van der Waals surface area contributed by atoms with Crippen LogP contribution in [0.1, 0.15) is 36.5 Å². The molecule has 0 aromatic heterocycles. The Morgan fingerprint density at radius 1 is 1.09 bits per heavy atom. The van der Waals surface area contributed by atoms with Gasteiger partial charge in [-0.05, 0) is 42.8 Å². The summed E-state index contributed by atoms with van der Waals surface area (Å²) in [6.45, 7) is 2.85. The second kappa shape index (κ2) is 9.48. The first kappa shape index (κ1) is 17.7. The van der Waals surface area contributed by atoms with Crippen LogP contribution in [0.2, 0.25) is 5.02 Å². The highest BCUT2D eigenvalue weighted by atomic mass is 35.5. The zero-order valence-corrected chi connectivity index (χ0v) is 14.5. The van der Waals surface area contributed by atoms with E-state index in [1.165, 1.54) is 0 Å². The van der Waals surface area contributed by atoms with E-state index in [1.807, 2.05) is 12.1 Å². The Hall–Kier alpha value is -1.65. The topological polar surface area (TPSA) is 35.5 Å². The number of rotatable bonds is 8. The molecule has 2 aromatic rings. The maximum absolute atomic E-state index is 12.0. The van der Waals surface area contributed by atoms with E-state index < -0.39 is 5.97 Å². The second-order valence-corrected chi connectivity index (χ2v) is 6.14. The molecule has 0 N–H and O–H groups in total. The first-order valence-electron chi connectivity index (χ1n) is 7.57. The van der Waals surface area contributed by atoms with Gasteiger partial charge in [-0.3, -0.25) is 0 Å². The fraction of sp³-hybridized carbons (Fsp3) is 0.278. The molecule has 0 aliphatic rings. The Morgan fingerprint density at radius 3 is 2.52 bits per heavy atom. The van der Waals surface area contributed by atoms with Gasteiger partial charge in [-0.25, -0.2) is 4.79 Å². The number of unbranched alkanes of at least 4 members (excludes halogenated alkanes) is 2. The highest BCUT2D eigenvalue weighted by molar-refractivity contribution is 7.95. The molecule has 0 aliphatic carbocycles. The van der Waals surface area contributed by atoms with E-state index in [0.29, 0.717) is 22.1 Å². The number of hydrogen-bond acceptors (Lipinski definition) is 4. The maximum atomic E-state index is 12.0. The smallest absolute Gasteiger partial charge is 0.350 e. The fourth-order valence-electron chi connectivity index (χ4n) is 1.87. The van der Waals surface area contributed by atoms with Crippen molar-refractivity contribution in [2.24, 2.45) is 0 Å². The van der Waals surface area contributed by atoms with E-state index in [1.54, 1.807) is 36.4 Å². The van der Waals surface area contributed by atoms with Crippen molar-refractivity contribution in [3.63, 3.8) is 0 Å². The van der Waals surface area contributed by atoms with E-state index in [9.17, 15) is 4.79 Å². The monoisotopic (exact) mass is 350 g/mol. The third kappa shape index (κ3) is 5.81. The molecule has 0 aliphatic heterocycles. The Balaban J connectivity index is 1.84. The van der Waals surface area contributed by atoms with Crippen molar-refractivity contribution >= 4 is 29.6 Å². The summed E-state index contributed by atoms with van der Waals surface area (Å²) >= 11 is 6.98. The van der Waals surface area contributed by atoms with Crippen molar-refractivity contribution < 1.29 is 13.7 Å². The van der Waals surface area contributed by atoms with E-state index in [4.69, 9.17) is 20.5 Å². The van der Waals surface area contributed by atoms with Crippen LogP contribution < -0.4 is 4.74 Å². The molecule has 0 radical (unpaired) electrons. The molecular formula is C18H19ClO3S. The predicted octanol–water partition coefficient (Wildman–Crippen LogP) is 5.77. The largest absolute Gasteiger partial charge is 0.494 e. The lowest BCUT2D eigenvalue weighted by atomic mass is 10.2. The van der Waals surface area contributed by atoms with Gasteiger partial charge in [0, 0.05) is 0 Å². The first-order valence-corrected chi connectivity index (χ1v) is 8.69. The summed E-state index contributed by atoms with van der Waals surface area (Å²) in [5.41, 5.74) is 0.477. The van der Waals surface area contributed by atoms with Crippen LogP contribution in [-0.4, -0.2) is 12.6 Å². The number of halogens is 1. The standard InChI is InChI=1S/C18H19ClO3S/c1-2-3-6-13-21-15-11-9-14(10-12-15)18(20)22-23-17-8-5-4-7-16(17)19/h4-5,7-12H,2-3,6,13H2,1H3. The zero-order chi connectivity index (χ0) is 16.5. The Bertz CT molecular complexity index is 628. The molecule has 0 saturated heterocycles. The zero-order valence-electron chi connectivity index (χ0n) is 13.0. The Labute approximate surface area is 146 Å². The number of hydrogen-bond donors (Lipinski definition) is 0. The Morgan fingerprint density at radius 2 is 1.83 bits per heavy atom. The molecule has 0 fully saturated rings. The summed E-state index contributed by atoms with van der Waals surface area (Å²) in [5, 5.41) is 0.557. The van der Waals surface area contributed by atoms with Gasteiger partial charge in [-0.1, -0.05) is 43.5 Å². The number of ether oxygens (including phenoxy) is 1. The SMILES string of the molecule is CCCCCOc1ccc(C(=O)OSc2ccccc2Cl)cc1. The van der Waals surface area contributed by atoms with Crippen molar-refractivity contribution in [3.8, 4) is 5.75 Å². The first-order chi connectivity index (χ1) is 11.2. The third-order valence-electron chi connectivity index (χ3n) is 3.15. The van der Waals surface area contributed by atoms with E-state index in [0.717, 1.165) is 37.1 Å². The lowest BCUT2D eigenvalue weighted by Crippen LogP contribution is -2.01. The molecule has 0 bridgehead atoms. The molecule has 0 amide bonds. The van der Waals surface area contributed by atoms with Crippen LogP contribution in [0.5, 0.6) is 5.75 Å². The minimum atomic E-state index is -0.410. The molecule has 0 atom stereocenters. The Kier molecular flexibility index (Phi) is 7.30. The van der Waals surface area contributed by atoms with Gasteiger partial charge in [0.05, 0.1) is 34.1 Å². The lowest BCUT2D eigenvalue weighted by molar-refractivity contribution is 0.0768. The van der Waals surface area contributed by atoms with Gasteiger partial charge < -0.3 is 8.92 Å². The normalized spacial score (nSPS) is 10.3. The van der Waals surface area contributed by atoms with Gasteiger partial charge in [0.2, 0.25) is 0 Å². The van der Waals surface area contributed by atoms with Crippen molar-refractivity contribution in [3.05, 3.63) is 59.1 Å². The summed E-state index contributed by atoms with van der Waals surface area (Å²) in [6.07, 6.45) is 3.36. The second-order valence-electron chi connectivity index (χ2n) is 4.96. The summed E-state index contributed by atoms with van der Waals surface area (Å²) in [5.74, 6) is 0.351. The molecule has 3 nitrogen and oxygen atoms in total. The molecule has 0 saturated carbocycles. The van der Waals surface area contributed by atoms with E-state index in [2.05, 4.69) is 6.92 Å². The number of carbonyl (C=O) groups is 1. The molecule has 0 unspecified atom stereocenters.